The first-order valence-electron chi connectivity index (χ1n) is 9.18. The lowest BCUT2D eigenvalue weighted by Crippen LogP contribution is -2.47. The zero-order valence-corrected chi connectivity index (χ0v) is 16.6. The molecule has 0 aliphatic carbocycles. The zero-order valence-electron chi connectivity index (χ0n) is 15.8. The van der Waals surface area contributed by atoms with Crippen LogP contribution >= 0.6 is 0 Å². The molecule has 28 heavy (non-hydrogen) atoms. The van der Waals surface area contributed by atoms with Gasteiger partial charge in [0.1, 0.15) is 11.3 Å². The van der Waals surface area contributed by atoms with E-state index in [4.69, 9.17) is 9.15 Å². The summed E-state index contributed by atoms with van der Waals surface area (Å²) in [4.78, 5) is 14.0. The van der Waals surface area contributed by atoms with E-state index in [9.17, 15) is 13.2 Å². The van der Waals surface area contributed by atoms with Gasteiger partial charge in [0, 0.05) is 31.6 Å². The van der Waals surface area contributed by atoms with Crippen LogP contribution in [0.3, 0.4) is 0 Å². The largest absolute Gasteiger partial charge is 0.467 e. The van der Waals surface area contributed by atoms with Gasteiger partial charge in [-0.1, -0.05) is 30.3 Å². The van der Waals surface area contributed by atoms with Gasteiger partial charge >= 0.3 is 5.97 Å². The highest BCUT2D eigenvalue weighted by Crippen LogP contribution is 2.17. The van der Waals surface area contributed by atoms with Gasteiger partial charge in [-0.3, -0.25) is 4.90 Å². The Bertz CT molecular complexity index is 913. The van der Waals surface area contributed by atoms with E-state index in [0.29, 0.717) is 50.7 Å². The van der Waals surface area contributed by atoms with Crippen LogP contribution in [0.15, 0.2) is 52.5 Å². The fraction of sp³-hybridized carbons (Fsp3) is 0.350. The van der Waals surface area contributed by atoms with Crippen LogP contribution in [0.5, 0.6) is 0 Å². The number of esters is 1. The summed E-state index contributed by atoms with van der Waals surface area (Å²) in [6, 6.07) is 10.9. The Morgan fingerprint density at radius 3 is 2.54 bits per heavy atom. The number of hydrogen-bond donors (Lipinski definition) is 0. The molecule has 8 heteroatoms. The molecule has 0 unspecified atom stereocenters. The van der Waals surface area contributed by atoms with E-state index in [0.717, 1.165) is 5.56 Å². The van der Waals surface area contributed by atoms with E-state index in [1.54, 1.807) is 19.1 Å². The van der Waals surface area contributed by atoms with Crippen LogP contribution in [0, 0.1) is 0 Å². The molecule has 0 spiro atoms. The molecular weight excluding hydrogens is 380 g/mol. The lowest BCUT2D eigenvalue weighted by molar-refractivity contribution is 0.0521. The average molecular weight is 404 g/mol. The van der Waals surface area contributed by atoms with Crippen molar-refractivity contribution in [3.05, 3.63) is 65.0 Å². The van der Waals surface area contributed by atoms with Gasteiger partial charge in [0.2, 0.25) is 10.0 Å². The first-order valence-corrected chi connectivity index (χ1v) is 10.7. The molecule has 1 aromatic heterocycles. The van der Waals surface area contributed by atoms with Crippen molar-refractivity contribution in [2.45, 2.75) is 13.5 Å². The van der Waals surface area contributed by atoms with E-state index in [2.05, 4.69) is 4.90 Å². The second-order valence-electron chi connectivity index (χ2n) is 6.41. The third-order valence-corrected chi connectivity index (χ3v) is 6.10. The summed E-state index contributed by atoms with van der Waals surface area (Å²) in [5.41, 5.74) is 1.26. The first kappa shape index (κ1) is 20.3. The summed E-state index contributed by atoms with van der Waals surface area (Å²) in [6.07, 6.45) is 3.08. The zero-order chi connectivity index (χ0) is 20.0. The molecule has 1 aliphatic rings. The Kier molecular flexibility index (Phi) is 6.66. The number of sulfonamides is 1. The highest BCUT2D eigenvalue weighted by atomic mass is 32.2. The van der Waals surface area contributed by atoms with Crippen molar-refractivity contribution < 1.29 is 22.4 Å². The highest BCUT2D eigenvalue weighted by Gasteiger charge is 2.26. The third-order valence-electron chi connectivity index (χ3n) is 4.53. The summed E-state index contributed by atoms with van der Waals surface area (Å²) in [5.74, 6) is 0.136. The molecule has 0 amide bonds. The molecule has 7 nitrogen and oxygen atoms in total. The first-order chi connectivity index (χ1) is 13.5. The number of ether oxygens (including phenoxy) is 1. The number of nitrogens with zero attached hydrogens (tertiary/aromatic N) is 2. The molecule has 0 bridgehead atoms. The molecule has 2 heterocycles. The predicted octanol–water partition coefficient (Wildman–Crippen LogP) is 2.57. The van der Waals surface area contributed by atoms with Crippen molar-refractivity contribution in [2.75, 3.05) is 32.8 Å². The molecule has 2 aromatic rings. The Balaban J connectivity index is 1.57. The number of carbonyl (C=O) groups is 1. The minimum Gasteiger partial charge on any atom is -0.467 e. The minimum absolute atomic E-state index is 0.302. The molecule has 1 saturated heterocycles. The monoisotopic (exact) mass is 404 g/mol. The molecule has 150 valence electrons. The van der Waals surface area contributed by atoms with Crippen molar-refractivity contribution in [1.82, 2.24) is 9.21 Å². The maximum absolute atomic E-state index is 12.5. The normalized spacial score (nSPS) is 16.5. The maximum atomic E-state index is 12.5. The summed E-state index contributed by atoms with van der Waals surface area (Å²) in [7, 11) is -3.47. The molecular formula is C20H24N2O5S. The number of rotatable bonds is 7. The molecule has 0 N–H and O–H groups in total. The van der Waals surface area contributed by atoms with Crippen molar-refractivity contribution in [3.8, 4) is 0 Å². The SMILES string of the molecule is CCOC(=O)c1ccoc1CN1CCN(S(=O)(=O)/C=C/c2ccccc2)CC1. The van der Waals surface area contributed by atoms with Crippen molar-refractivity contribution in [3.63, 3.8) is 0 Å². The molecule has 1 aromatic carbocycles. The Hall–Kier alpha value is -2.42. The topological polar surface area (TPSA) is 80.1 Å². The Morgan fingerprint density at radius 2 is 1.86 bits per heavy atom. The van der Waals surface area contributed by atoms with Gasteiger partial charge in [0.25, 0.3) is 0 Å². The smallest absolute Gasteiger partial charge is 0.341 e. The van der Waals surface area contributed by atoms with Crippen molar-refractivity contribution in [2.24, 2.45) is 0 Å². The van der Waals surface area contributed by atoms with Gasteiger partial charge in [-0.2, -0.15) is 4.31 Å². The van der Waals surface area contributed by atoms with Gasteiger partial charge in [-0.15, -0.1) is 0 Å². The fourth-order valence-electron chi connectivity index (χ4n) is 3.01. The van der Waals surface area contributed by atoms with E-state index >= 15 is 0 Å². The highest BCUT2D eigenvalue weighted by molar-refractivity contribution is 7.92. The summed E-state index contributed by atoms with van der Waals surface area (Å²) in [5, 5.41) is 1.25. The number of piperazine rings is 1. The van der Waals surface area contributed by atoms with Crippen molar-refractivity contribution in [1.29, 1.82) is 0 Å². The molecule has 1 fully saturated rings. The van der Waals surface area contributed by atoms with E-state index in [-0.39, 0.29) is 0 Å². The third kappa shape index (κ3) is 5.09. The second kappa shape index (κ2) is 9.18. The summed E-state index contributed by atoms with van der Waals surface area (Å²) < 4.78 is 37.0. The van der Waals surface area contributed by atoms with Crippen LogP contribution in [-0.4, -0.2) is 56.4 Å². The number of hydrogen-bond acceptors (Lipinski definition) is 6. The average Bonchev–Trinajstić information content (AvgIpc) is 3.16. The van der Waals surface area contributed by atoms with Crippen LogP contribution in [0.25, 0.3) is 6.08 Å². The lowest BCUT2D eigenvalue weighted by Gasteiger charge is -2.32. The quantitative estimate of drug-likeness (QED) is 0.660. The van der Waals surface area contributed by atoms with Gasteiger partial charge < -0.3 is 9.15 Å². The predicted molar refractivity (Wildman–Crippen MR) is 106 cm³/mol. The minimum atomic E-state index is -3.47. The van der Waals surface area contributed by atoms with E-state index < -0.39 is 16.0 Å². The van der Waals surface area contributed by atoms with E-state index in [1.165, 1.54) is 16.0 Å². The Labute approximate surface area is 165 Å². The van der Waals surface area contributed by atoms with Crippen LogP contribution in [0.4, 0.5) is 0 Å². The van der Waals surface area contributed by atoms with E-state index in [1.807, 2.05) is 30.3 Å². The lowest BCUT2D eigenvalue weighted by atomic mass is 10.2. The maximum Gasteiger partial charge on any atom is 0.341 e. The van der Waals surface area contributed by atoms with Crippen molar-refractivity contribution >= 4 is 22.1 Å². The molecule has 0 radical (unpaired) electrons. The van der Waals surface area contributed by atoms with Gasteiger partial charge in [-0.25, -0.2) is 13.2 Å². The summed E-state index contributed by atoms with van der Waals surface area (Å²) >= 11 is 0. The van der Waals surface area contributed by atoms with Crippen LogP contribution in [-0.2, 0) is 21.3 Å². The standard InChI is InChI=1S/C20H24N2O5S/c1-2-26-20(23)18-8-14-27-19(18)16-21-10-12-22(13-11-21)28(24,25)15-9-17-6-4-3-5-7-17/h3-9,14-15H,2,10-13,16H2,1H3/b15-9+. The van der Waals surface area contributed by atoms with Crippen LogP contribution in [0.1, 0.15) is 28.6 Å². The number of carbonyl (C=O) groups excluding carboxylic acids is 1. The molecule has 1 aliphatic heterocycles. The molecule has 0 saturated carbocycles. The van der Waals surface area contributed by atoms with Gasteiger partial charge in [0.05, 0.1) is 19.4 Å². The summed E-state index contributed by atoms with van der Waals surface area (Å²) in [6.45, 7) is 4.38. The second-order valence-corrected chi connectivity index (χ2v) is 8.23. The van der Waals surface area contributed by atoms with Crippen LogP contribution < -0.4 is 0 Å². The molecule has 0 atom stereocenters. The molecule has 3 rings (SSSR count). The fourth-order valence-corrected chi connectivity index (χ4v) is 4.19. The number of furan rings is 1. The number of benzene rings is 1. The van der Waals surface area contributed by atoms with Crippen LogP contribution in [0.2, 0.25) is 0 Å². The van der Waals surface area contributed by atoms with Gasteiger partial charge in [-0.05, 0) is 24.6 Å². The Morgan fingerprint density at radius 1 is 1.14 bits per heavy atom. The van der Waals surface area contributed by atoms with Gasteiger partial charge in [0.15, 0.2) is 0 Å².